The highest BCUT2D eigenvalue weighted by molar-refractivity contribution is 5.71. The Hall–Kier alpha value is -1.61. The third kappa shape index (κ3) is 1.80. The maximum atomic E-state index is 10.0. The van der Waals surface area contributed by atoms with E-state index in [1.54, 1.807) is 0 Å². The molecule has 2 unspecified atom stereocenters. The number of allylic oxidation sites excluding steroid dienone is 2. The molecule has 21 heavy (non-hydrogen) atoms. The summed E-state index contributed by atoms with van der Waals surface area (Å²) in [7, 11) is 0. The third-order valence-electron chi connectivity index (χ3n) is 5.21. The molecule has 0 spiro atoms. The van der Waals surface area contributed by atoms with Gasteiger partial charge < -0.3 is 10.0 Å². The highest BCUT2D eigenvalue weighted by atomic mass is 16.3. The molecule has 3 nitrogen and oxygen atoms in total. The molecule has 2 atom stereocenters. The Kier molecular flexibility index (Phi) is 3.11. The number of piperidine rings is 1. The highest BCUT2D eigenvalue weighted by Gasteiger charge is 2.40. The van der Waals surface area contributed by atoms with E-state index in [0.29, 0.717) is 6.04 Å². The average molecular weight is 282 g/mol. The summed E-state index contributed by atoms with van der Waals surface area (Å²) in [6, 6.07) is 8.81. The second-order valence-corrected chi connectivity index (χ2v) is 6.25. The fourth-order valence-corrected chi connectivity index (χ4v) is 4.30. The van der Waals surface area contributed by atoms with E-state index < -0.39 is 0 Å². The van der Waals surface area contributed by atoms with Gasteiger partial charge in [0.25, 0.3) is 0 Å². The van der Waals surface area contributed by atoms with Crippen LogP contribution in [0.1, 0.15) is 32.6 Å². The monoisotopic (exact) mass is 282 g/mol. The van der Waals surface area contributed by atoms with Gasteiger partial charge in [0, 0.05) is 29.4 Å². The molecule has 1 fully saturated rings. The summed E-state index contributed by atoms with van der Waals surface area (Å²) < 4.78 is 0. The molecule has 1 aromatic carbocycles. The molecule has 0 bridgehead atoms. The van der Waals surface area contributed by atoms with Crippen molar-refractivity contribution in [1.29, 1.82) is 0 Å². The number of rotatable bonds is 2. The number of nitrogens with zero attached hydrogens (tertiary/aromatic N) is 2. The van der Waals surface area contributed by atoms with Crippen LogP contribution in [-0.4, -0.2) is 29.2 Å². The molecule has 3 heterocycles. The van der Waals surface area contributed by atoms with Crippen LogP contribution >= 0.6 is 0 Å². The summed E-state index contributed by atoms with van der Waals surface area (Å²) in [6.07, 6.45) is 4.72. The normalized spacial score (nSPS) is 27.1. The Labute approximate surface area is 125 Å². The van der Waals surface area contributed by atoms with E-state index >= 15 is 0 Å². The number of hydrogen-bond acceptors (Lipinski definition) is 3. The van der Waals surface area contributed by atoms with Crippen LogP contribution in [0.25, 0.3) is 5.57 Å². The predicted octanol–water partition coefficient (Wildman–Crippen LogP) is 1.57. The van der Waals surface area contributed by atoms with Crippen molar-refractivity contribution in [2.75, 3.05) is 13.2 Å². The predicted molar refractivity (Wildman–Crippen MR) is 82.9 cm³/mol. The first-order chi connectivity index (χ1) is 10.3. The maximum absolute atomic E-state index is 10.0. The first-order valence-electron chi connectivity index (χ1n) is 8.14. The van der Waals surface area contributed by atoms with E-state index in [1.165, 1.54) is 35.0 Å². The van der Waals surface area contributed by atoms with E-state index in [-0.39, 0.29) is 12.5 Å². The molecular weight excluding hydrogens is 260 g/mol. The lowest BCUT2D eigenvalue weighted by atomic mass is 9.80. The smallest absolute Gasteiger partial charge is 0.0871 e. The molecular formula is C18H22N2O. The zero-order chi connectivity index (χ0) is 14.4. The van der Waals surface area contributed by atoms with Crippen molar-refractivity contribution >= 4 is 5.57 Å². The van der Waals surface area contributed by atoms with Gasteiger partial charge in [-0.05, 0) is 37.3 Å². The Morgan fingerprint density at radius 2 is 2.14 bits per heavy atom. The van der Waals surface area contributed by atoms with Gasteiger partial charge in [-0.1, -0.05) is 25.1 Å². The van der Waals surface area contributed by atoms with Gasteiger partial charge in [0.1, 0.15) is 0 Å². The average Bonchev–Trinajstić information content (AvgIpc) is 2.93. The lowest BCUT2D eigenvalue weighted by Gasteiger charge is -2.46. The second kappa shape index (κ2) is 4.99. The SMILES string of the molecule is CCC1C(CO)C2=c3ccccc3=NC2=C2CCCCN21. The van der Waals surface area contributed by atoms with Crippen LogP contribution in [0.5, 0.6) is 0 Å². The standard InChI is InChI=1S/C18H22N2O/c1-2-15-13(11-21)17-12-7-3-4-8-14(12)19-18(17)16-9-5-6-10-20(15)16/h3-4,7-8,13,15,21H,2,5-6,9-11H2,1H3. The molecule has 0 saturated carbocycles. The van der Waals surface area contributed by atoms with Crippen LogP contribution in [0.15, 0.2) is 40.7 Å². The van der Waals surface area contributed by atoms with Gasteiger partial charge in [-0.25, -0.2) is 4.99 Å². The van der Waals surface area contributed by atoms with Crippen molar-refractivity contribution in [1.82, 2.24) is 4.90 Å². The maximum Gasteiger partial charge on any atom is 0.0871 e. The fraction of sp³-hybridized carbons (Fsp3) is 0.500. The Morgan fingerprint density at radius 1 is 1.29 bits per heavy atom. The molecule has 0 aliphatic carbocycles. The zero-order valence-corrected chi connectivity index (χ0v) is 12.5. The number of hydrogen-bond donors (Lipinski definition) is 1. The topological polar surface area (TPSA) is 35.8 Å². The molecule has 0 aromatic heterocycles. The van der Waals surface area contributed by atoms with Gasteiger partial charge in [0.15, 0.2) is 0 Å². The molecule has 3 aliphatic rings. The van der Waals surface area contributed by atoms with Crippen molar-refractivity contribution in [3.8, 4) is 0 Å². The molecule has 1 N–H and O–H groups in total. The molecule has 3 aliphatic heterocycles. The van der Waals surface area contributed by atoms with Crippen LogP contribution in [0.4, 0.5) is 0 Å². The summed E-state index contributed by atoms with van der Waals surface area (Å²) >= 11 is 0. The van der Waals surface area contributed by atoms with Crippen LogP contribution in [-0.2, 0) is 0 Å². The lowest BCUT2D eigenvalue weighted by molar-refractivity contribution is 0.124. The number of aliphatic hydroxyl groups is 1. The minimum atomic E-state index is 0.194. The molecule has 1 saturated heterocycles. The first kappa shape index (κ1) is 13.1. The first-order valence-corrected chi connectivity index (χ1v) is 8.14. The van der Waals surface area contributed by atoms with E-state index in [9.17, 15) is 5.11 Å². The molecule has 0 amide bonds. The summed E-state index contributed by atoms with van der Waals surface area (Å²) in [5, 5.41) is 12.4. The Balaban J connectivity index is 2.01. The minimum Gasteiger partial charge on any atom is -0.396 e. The quantitative estimate of drug-likeness (QED) is 0.894. The van der Waals surface area contributed by atoms with Crippen molar-refractivity contribution in [2.45, 2.75) is 38.6 Å². The highest BCUT2D eigenvalue weighted by Crippen LogP contribution is 2.42. The summed E-state index contributed by atoms with van der Waals surface area (Å²) in [5.41, 5.74) is 3.89. The van der Waals surface area contributed by atoms with Gasteiger partial charge in [0.05, 0.1) is 17.7 Å². The largest absolute Gasteiger partial charge is 0.396 e. The zero-order valence-electron chi connectivity index (χ0n) is 12.5. The summed E-state index contributed by atoms with van der Waals surface area (Å²) in [4.78, 5) is 7.45. The fourth-order valence-electron chi connectivity index (χ4n) is 4.30. The van der Waals surface area contributed by atoms with Gasteiger partial charge in [-0.3, -0.25) is 0 Å². The van der Waals surface area contributed by atoms with Crippen molar-refractivity contribution in [3.05, 3.63) is 46.2 Å². The van der Waals surface area contributed by atoms with Crippen LogP contribution < -0.4 is 10.6 Å². The van der Waals surface area contributed by atoms with Crippen LogP contribution in [0, 0.1) is 5.92 Å². The van der Waals surface area contributed by atoms with E-state index in [1.807, 2.05) is 0 Å². The summed E-state index contributed by atoms with van der Waals surface area (Å²) in [5.74, 6) is 0.194. The molecule has 110 valence electrons. The van der Waals surface area contributed by atoms with Gasteiger partial charge in [-0.2, -0.15) is 0 Å². The van der Waals surface area contributed by atoms with Gasteiger partial charge in [0.2, 0.25) is 0 Å². The van der Waals surface area contributed by atoms with E-state index in [2.05, 4.69) is 36.1 Å². The third-order valence-corrected chi connectivity index (χ3v) is 5.21. The van der Waals surface area contributed by atoms with Crippen molar-refractivity contribution < 1.29 is 5.11 Å². The van der Waals surface area contributed by atoms with Gasteiger partial charge >= 0.3 is 0 Å². The van der Waals surface area contributed by atoms with Crippen LogP contribution in [0.2, 0.25) is 0 Å². The minimum absolute atomic E-state index is 0.194. The second-order valence-electron chi connectivity index (χ2n) is 6.25. The number of para-hydroxylation sites is 1. The number of benzene rings is 1. The van der Waals surface area contributed by atoms with Crippen LogP contribution in [0.3, 0.4) is 0 Å². The molecule has 0 radical (unpaired) electrons. The molecule has 4 rings (SSSR count). The molecule has 3 heteroatoms. The molecule has 1 aromatic rings. The Morgan fingerprint density at radius 3 is 2.95 bits per heavy atom. The number of fused-ring (bicyclic) bond motifs is 3. The van der Waals surface area contributed by atoms with E-state index in [4.69, 9.17) is 4.99 Å². The van der Waals surface area contributed by atoms with Crippen molar-refractivity contribution in [3.63, 3.8) is 0 Å². The van der Waals surface area contributed by atoms with Gasteiger partial charge in [-0.15, -0.1) is 0 Å². The Bertz CT molecular complexity index is 719. The van der Waals surface area contributed by atoms with E-state index in [0.717, 1.165) is 24.7 Å². The van der Waals surface area contributed by atoms with Crippen molar-refractivity contribution in [2.24, 2.45) is 10.9 Å². The number of aliphatic hydroxyl groups excluding tert-OH is 1. The lowest BCUT2D eigenvalue weighted by Crippen LogP contribution is -2.48. The summed E-state index contributed by atoms with van der Waals surface area (Å²) in [6.45, 7) is 3.57.